The van der Waals surface area contributed by atoms with Gasteiger partial charge in [-0.15, -0.1) is 0 Å². The van der Waals surface area contributed by atoms with Gasteiger partial charge in [0.25, 0.3) is 0 Å². The van der Waals surface area contributed by atoms with E-state index in [1.165, 1.54) is 96.3 Å². The van der Waals surface area contributed by atoms with Crippen molar-refractivity contribution in [3.8, 4) is 0 Å². The number of esters is 1. The van der Waals surface area contributed by atoms with Gasteiger partial charge in [-0.3, -0.25) is 0 Å². The molecular formula is C70H132O17. The Morgan fingerprint density at radius 1 is 0.253 bits per heavy atom. The van der Waals surface area contributed by atoms with Crippen LogP contribution in [0, 0.1) is 0 Å². The first-order chi connectivity index (χ1) is 41.8. The molecule has 0 amide bonds. The maximum atomic E-state index is 12.2. The van der Waals surface area contributed by atoms with E-state index in [1.54, 1.807) is 24.3 Å². The highest BCUT2D eigenvalue weighted by atomic mass is 16.6. The molecule has 0 heterocycles. The third kappa shape index (κ3) is 52.3. The summed E-state index contributed by atoms with van der Waals surface area (Å²) in [5, 5.41) is 0. The van der Waals surface area contributed by atoms with Crippen LogP contribution < -0.4 is 0 Å². The van der Waals surface area contributed by atoms with Crippen molar-refractivity contribution < 1.29 is 80.6 Å². The van der Waals surface area contributed by atoms with Gasteiger partial charge in [0.15, 0.2) is 0 Å². The predicted octanol–water partition coefficient (Wildman–Crippen LogP) is 14.2. The molecule has 0 saturated carbocycles. The molecule has 0 spiro atoms. The fourth-order valence-corrected chi connectivity index (χ4v) is 8.70. The Labute approximate surface area is 531 Å². The zero-order valence-corrected chi connectivity index (χ0v) is 58.1. The van der Waals surface area contributed by atoms with Crippen molar-refractivity contribution in [3.63, 3.8) is 0 Å². The fraction of sp³-hybridized carbons (Fsp3) is 0.900. The molecule has 15 unspecified atom stereocenters. The number of carbonyl (C=O) groups is 1. The van der Waals surface area contributed by atoms with Gasteiger partial charge in [0.1, 0.15) is 6.61 Å². The number of hydrogen-bond donors (Lipinski definition) is 0. The molecule has 0 saturated heterocycles. The van der Waals surface area contributed by atoms with Gasteiger partial charge in [0.2, 0.25) is 0 Å². The van der Waals surface area contributed by atoms with Crippen LogP contribution in [-0.2, 0) is 75.8 Å². The summed E-state index contributed by atoms with van der Waals surface area (Å²) in [6.45, 7) is 39.4. The van der Waals surface area contributed by atoms with Crippen LogP contribution in [0.2, 0.25) is 0 Å². The third-order valence-electron chi connectivity index (χ3n) is 14.5. The number of hydrogen-bond acceptors (Lipinski definition) is 17. The maximum absolute atomic E-state index is 12.2. The topological polar surface area (TPSA) is 165 Å². The van der Waals surface area contributed by atoms with Gasteiger partial charge in [-0.2, -0.15) is 0 Å². The van der Waals surface area contributed by atoms with Crippen LogP contribution in [-0.4, -0.2) is 203 Å². The minimum Gasteiger partial charge on any atom is -0.459 e. The van der Waals surface area contributed by atoms with E-state index in [2.05, 4.69) is 13.8 Å². The minimum absolute atomic E-state index is 0.0257. The van der Waals surface area contributed by atoms with Crippen LogP contribution in [0.25, 0.3) is 0 Å². The van der Waals surface area contributed by atoms with E-state index < -0.39 is 0 Å². The highest BCUT2D eigenvalue weighted by Crippen LogP contribution is 2.15. The molecule has 0 radical (unpaired) electrons. The molecule has 17 heteroatoms. The van der Waals surface area contributed by atoms with E-state index in [0.29, 0.717) is 98.1 Å². The summed E-state index contributed by atoms with van der Waals surface area (Å²) in [6.07, 6.45) is 20.4. The fourth-order valence-electron chi connectivity index (χ4n) is 8.70. The number of carbonyl (C=O) groups excluding carboxylic acids is 1. The lowest BCUT2D eigenvalue weighted by Crippen LogP contribution is -2.31. The zero-order valence-electron chi connectivity index (χ0n) is 58.1. The molecule has 1 aromatic rings. The van der Waals surface area contributed by atoms with Gasteiger partial charge >= 0.3 is 5.97 Å². The summed E-state index contributed by atoms with van der Waals surface area (Å²) >= 11 is 0. The summed E-state index contributed by atoms with van der Waals surface area (Å²) in [7, 11) is 0. The molecule has 0 N–H and O–H groups in total. The van der Waals surface area contributed by atoms with Crippen molar-refractivity contribution in [2.45, 2.75) is 305 Å². The van der Waals surface area contributed by atoms with Gasteiger partial charge in [0, 0.05) is 6.61 Å². The first kappa shape index (κ1) is 83.1. The first-order valence-corrected chi connectivity index (χ1v) is 34.2. The van der Waals surface area contributed by atoms with Crippen LogP contribution in [0.1, 0.15) is 224 Å². The lowest BCUT2D eigenvalue weighted by molar-refractivity contribution is -0.116. The molecule has 17 nitrogen and oxygen atoms in total. The molecule has 0 aromatic heterocycles. The van der Waals surface area contributed by atoms with E-state index >= 15 is 0 Å². The Balaban J connectivity index is 2.01. The molecule has 0 aliphatic rings. The molecule has 87 heavy (non-hydrogen) atoms. The molecule has 1 rings (SSSR count). The molecule has 0 aliphatic heterocycles. The Bertz CT molecular complexity index is 1650. The molecule has 15 atom stereocenters. The average Bonchev–Trinajstić information content (AvgIpc) is 3.59. The Morgan fingerprint density at radius 2 is 0.437 bits per heavy atom. The zero-order chi connectivity index (χ0) is 64.3. The maximum Gasteiger partial charge on any atom is 0.338 e. The van der Waals surface area contributed by atoms with E-state index in [4.69, 9.17) is 75.8 Å². The number of rotatable bonds is 63. The summed E-state index contributed by atoms with van der Waals surface area (Å²) in [6, 6.07) is 8.90. The number of ether oxygens (including phenoxy) is 16. The molecule has 0 fully saturated rings. The second-order valence-corrected chi connectivity index (χ2v) is 25.0. The quantitative estimate of drug-likeness (QED) is 0.0446. The highest BCUT2D eigenvalue weighted by molar-refractivity contribution is 5.89. The molecule has 514 valence electrons. The Morgan fingerprint density at radius 3 is 0.655 bits per heavy atom. The predicted molar refractivity (Wildman–Crippen MR) is 347 cm³/mol. The molecule has 0 aliphatic carbocycles. The van der Waals surface area contributed by atoms with E-state index in [1.807, 2.05) is 103 Å². The van der Waals surface area contributed by atoms with Gasteiger partial charge in [0.05, 0.1) is 190 Å². The molecular weight excluding hydrogens is 1110 g/mol. The van der Waals surface area contributed by atoms with Crippen LogP contribution in [0.5, 0.6) is 0 Å². The standard InChI is InChI=1S/C70H132O17/c1-17-18-19-20-21-22-23-24-25-26-27-28-29-30-31-35-38-72-54(2)39-73-55(3)40-74-56(4)41-75-57(5)42-76-58(6)43-77-59(7)44-78-60(8)45-79-61(9)46-80-62(10)47-81-63(11)48-82-64(12)49-83-65(13)50-84-66(14)51-85-67(15)52-86-68(16)53-87-70(71)69-36-33-32-34-37-69/h32-34,36-37,54-68H,17-31,35,38-53H2,1-16H3. The summed E-state index contributed by atoms with van der Waals surface area (Å²) < 4.78 is 95.3. The molecule has 1 aromatic carbocycles. The molecule has 0 bridgehead atoms. The second-order valence-electron chi connectivity index (χ2n) is 25.0. The largest absolute Gasteiger partial charge is 0.459 e. The van der Waals surface area contributed by atoms with E-state index in [-0.39, 0.29) is 104 Å². The Kier molecular flexibility index (Phi) is 53.2. The van der Waals surface area contributed by atoms with Gasteiger partial charge < -0.3 is 75.8 Å². The summed E-state index contributed by atoms with van der Waals surface area (Å²) in [4.78, 5) is 12.2. The van der Waals surface area contributed by atoms with Crippen molar-refractivity contribution in [1.29, 1.82) is 0 Å². The average molecular weight is 1250 g/mol. The number of benzene rings is 1. The van der Waals surface area contributed by atoms with Gasteiger partial charge in [-0.1, -0.05) is 121 Å². The number of unbranched alkanes of at least 4 members (excludes halogenated alkanes) is 15. The van der Waals surface area contributed by atoms with Crippen molar-refractivity contribution in [2.75, 3.05) is 106 Å². The van der Waals surface area contributed by atoms with Crippen molar-refractivity contribution >= 4 is 5.97 Å². The lowest BCUT2D eigenvalue weighted by Gasteiger charge is -2.23. The van der Waals surface area contributed by atoms with Crippen molar-refractivity contribution in [2.24, 2.45) is 0 Å². The SMILES string of the molecule is CCCCCCCCCCCCCCCCCCOC(C)COC(C)COC(C)COC(C)COC(C)COC(C)COC(C)COC(C)COC(C)COC(C)COC(C)COC(C)COC(C)COC(C)COC(C)COC(=O)c1ccccc1. The second kappa shape index (κ2) is 55.7. The third-order valence-corrected chi connectivity index (χ3v) is 14.5. The first-order valence-electron chi connectivity index (χ1n) is 34.2. The van der Waals surface area contributed by atoms with Crippen LogP contribution in [0.4, 0.5) is 0 Å². The van der Waals surface area contributed by atoms with E-state index in [9.17, 15) is 4.79 Å². The van der Waals surface area contributed by atoms with Crippen LogP contribution in [0.15, 0.2) is 30.3 Å². The Hall–Kier alpha value is -1.91. The summed E-state index contributed by atoms with van der Waals surface area (Å²) in [5.41, 5.74) is 0.516. The van der Waals surface area contributed by atoms with Crippen LogP contribution in [0.3, 0.4) is 0 Å². The normalized spacial score (nSPS) is 17.3. The smallest absolute Gasteiger partial charge is 0.338 e. The van der Waals surface area contributed by atoms with E-state index in [0.717, 1.165) is 13.0 Å². The summed E-state index contributed by atoms with van der Waals surface area (Å²) in [5.74, 6) is -0.367. The monoisotopic (exact) mass is 1240 g/mol. The van der Waals surface area contributed by atoms with Gasteiger partial charge in [-0.05, 0) is 122 Å². The van der Waals surface area contributed by atoms with Gasteiger partial charge in [-0.25, -0.2) is 4.79 Å². The van der Waals surface area contributed by atoms with Crippen LogP contribution >= 0.6 is 0 Å². The lowest BCUT2D eigenvalue weighted by atomic mass is 10.0. The van der Waals surface area contributed by atoms with Crippen molar-refractivity contribution in [1.82, 2.24) is 0 Å². The minimum atomic E-state index is -0.367. The van der Waals surface area contributed by atoms with Crippen molar-refractivity contribution in [3.05, 3.63) is 35.9 Å². The highest BCUT2D eigenvalue weighted by Gasteiger charge is 2.19.